The molecule has 0 saturated heterocycles. The van der Waals surface area contributed by atoms with Crippen molar-refractivity contribution in [2.45, 2.75) is 12.0 Å². The third-order valence-electron chi connectivity index (χ3n) is 7.21. The summed E-state index contributed by atoms with van der Waals surface area (Å²) in [5.41, 5.74) is 3.43. The summed E-state index contributed by atoms with van der Waals surface area (Å²) < 4.78 is 18.2. The Morgan fingerprint density at radius 3 is 2.62 bits per heavy atom. The molecule has 0 N–H and O–H groups in total. The minimum Gasteiger partial charge on any atom is -0.491 e. The summed E-state index contributed by atoms with van der Waals surface area (Å²) in [6, 6.07) is 17.7. The van der Waals surface area contributed by atoms with Crippen LogP contribution in [0.5, 0.6) is 17.2 Å². The molecule has 1 unspecified atom stereocenters. The van der Waals surface area contributed by atoms with Gasteiger partial charge in [-0.15, -0.1) is 11.3 Å². The van der Waals surface area contributed by atoms with E-state index in [2.05, 4.69) is 11.1 Å². The van der Waals surface area contributed by atoms with Crippen LogP contribution in [0.3, 0.4) is 0 Å². The number of amides is 1. The lowest BCUT2D eigenvalue weighted by molar-refractivity contribution is -0.122. The number of fused-ring (bicyclic) bond motifs is 5. The second-order valence-corrected chi connectivity index (χ2v) is 11.3. The van der Waals surface area contributed by atoms with Crippen LogP contribution >= 0.6 is 22.9 Å². The van der Waals surface area contributed by atoms with Gasteiger partial charge >= 0.3 is 0 Å². The minimum absolute atomic E-state index is 0.0324. The van der Waals surface area contributed by atoms with Gasteiger partial charge in [0.25, 0.3) is 0 Å². The molecule has 5 heterocycles. The fourth-order valence-corrected chi connectivity index (χ4v) is 6.56. The molecule has 0 saturated carbocycles. The number of rotatable bonds is 4. The Morgan fingerprint density at radius 2 is 1.89 bits per heavy atom. The SMILES string of the molecule is CN(C)c1ccc(-c2cccc3c2C2(COc4cc5c(cc42)OCO5)C(=O)N3Cc2ccc(Cl)s2)cn1. The van der Waals surface area contributed by atoms with E-state index < -0.39 is 5.41 Å². The van der Waals surface area contributed by atoms with E-state index in [1.54, 1.807) is 0 Å². The van der Waals surface area contributed by atoms with Gasteiger partial charge in [-0.25, -0.2) is 4.98 Å². The van der Waals surface area contributed by atoms with Crippen LogP contribution in [0.25, 0.3) is 11.1 Å². The number of benzene rings is 2. The predicted octanol–water partition coefficient (Wildman–Crippen LogP) is 5.48. The lowest BCUT2D eigenvalue weighted by Gasteiger charge is -2.24. The summed E-state index contributed by atoms with van der Waals surface area (Å²) >= 11 is 7.70. The molecule has 1 amide bonds. The van der Waals surface area contributed by atoms with Crippen molar-refractivity contribution in [2.24, 2.45) is 0 Å². The van der Waals surface area contributed by atoms with Gasteiger partial charge in [0, 0.05) is 53.6 Å². The van der Waals surface area contributed by atoms with E-state index in [1.807, 2.05) is 78.6 Å². The first kappa shape index (κ1) is 22.4. The zero-order valence-corrected chi connectivity index (χ0v) is 21.7. The Kier molecular flexibility index (Phi) is 4.93. The lowest BCUT2D eigenvalue weighted by Crippen LogP contribution is -2.42. The number of ether oxygens (including phenoxy) is 3. The largest absolute Gasteiger partial charge is 0.491 e. The molecule has 0 fully saturated rings. The number of hydrogen-bond acceptors (Lipinski definition) is 7. The molecule has 2 aromatic carbocycles. The molecule has 2 aromatic heterocycles. The van der Waals surface area contributed by atoms with E-state index in [9.17, 15) is 4.79 Å². The maximum atomic E-state index is 14.5. The number of aromatic nitrogens is 1. The fraction of sp³-hybridized carbons (Fsp3) is 0.214. The van der Waals surface area contributed by atoms with Gasteiger partial charge in [0.05, 0.1) is 10.9 Å². The lowest BCUT2D eigenvalue weighted by atomic mass is 9.74. The van der Waals surface area contributed by atoms with E-state index in [1.165, 1.54) is 11.3 Å². The van der Waals surface area contributed by atoms with Gasteiger partial charge in [0.1, 0.15) is 23.6 Å². The molecule has 1 spiro atoms. The molecule has 7 nitrogen and oxygen atoms in total. The molecule has 37 heavy (non-hydrogen) atoms. The topological polar surface area (TPSA) is 64.1 Å². The number of pyridine rings is 1. The maximum absolute atomic E-state index is 14.5. The van der Waals surface area contributed by atoms with Crippen LogP contribution in [-0.4, -0.2) is 38.4 Å². The smallest absolute Gasteiger partial charge is 0.246 e. The highest BCUT2D eigenvalue weighted by Gasteiger charge is 2.58. The van der Waals surface area contributed by atoms with Crippen molar-refractivity contribution in [1.29, 1.82) is 0 Å². The quantitative estimate of drug-likeness (QED) is 0.347. The molecule has 186 valence electrons. The highest BCUT2D eigenvalue weighted by atomic mass is 35.5. The number of hydrogen-bond donors (Lipinski definition) is 0. The van der Waals surface area contributed by atoms with Crippen molar-refractivity contribution >= 4 is 40.4 Å². The Balaban J connectivity index is 1.45. The van der Waals surface area contributed by atoms with Gasteiger partial charge in [-0.3, -0.25) is 4.79 Å². The number of carbonyl (C=O) groups excluding carboxylic acids is 1. The van der Waals surface area contributed by atoms with Crippen molar-refractivity contribution in [2.75, 3.05) is 37.3 Å². The molecule has 0 aliphatic carbocycles. The Morgan fingerprint density at radius 1 is 1.05 bits per heavy atom. The summed E-state index contributed by atoms with van der Waals surface area (Å²) in [5.74, 6) is 2.72. The van der Waals surface area contributed by atoms with Crippen molar-refractivity contribution in [1.82, 2.24) is 4.98 Å². The third kappa shape index (κ3) is 3.25. The molecular weight excluding hydrogens is 510 g/mol. The molecule has 0 radical (unpaired) electrons. The average Bonchev–Trinajstić information content (AvgIpc) is 3.67. The molecule has 3 aliphatic rings. The number of nitrogens with zero attached hydrogens (tertiary/aromatic N) is 3. The number of carbonyl (C=O) groups is 1. The molecule has 9 heteroatoms. The van der Waals surface area contributed by atoms with Crippen molar-refractivity contribution in [3.8, 4) is 28.4 Å². The second kappa shape index (κ2) is 8.13. The van der Waals surface area contributed by atoms with E-state index >= 15 is 0 Å². The summed E-state index contributed by atoms with van der Waals surface area (Å²) in [4.78, 5) is 24.0. The van der Waals surface area contributed by atoms with Crippen molar-refractivity contribution in [3.63, 3.8) is 0 Å². The highest BCUT2D eigenvalue weighted by molar-refractivity contribution is 7.16. The number of anilines is 2. The Bertz CT molecular complexity index is 1570. The predicted molar refractivity (Wildman–Crippen MR) is 143 cm³/mol. The first-order valence-electron chi connectivity index (χ1n) is 11.9. The zero-order chi connectivity index (χ0) is 25.3. The second-order valence-electron chi connectivity index (χ2n) is 9.49. The van der Waals surface area contributed by atoms with Crippen LogP contribution in [0.1, 0.15) is 16.0 Å². The van der Waals surface area contributed by atoms with Gasteiger partial charge in [-0.1, -0.05) is 23.7 Å². The van der Waals surface area contributed by atoms with E-state index in [-0.39, 0.29) is 19.3 Å². The van der Waals surface area contributed by atoms with Gasteiger partial charge in [0.2, 0.25) is 12.7 Å². The molecule has 0 bridgehead atoms. The fourth-order valence-electron chi connectivity index (χ4n) is 5.48. The molecule has 1 atom stereocenters. The van der Waals surface area contributed by atoms with Crippen molar-refractivity contribution in [3.05, 3.63) is 81.1 Å². The van der Waals surface area contributed by atoms with Crippen LogP contribution in [0, 0.1) is 0 Å². The van der Waals surface area contributed by atoms with E-state index in [0.717, 1.165) is 38.6 Å². The van der Waals surface area contributed by atoms with E-state index in [0.29, 0.717) is 28.1 Å². The van der Waals surface area contributed by atoms with Gasteiger partial charge in [0.15, 0.2) is 11.5 Å². The highest BCUT2D eigenvalue weighted by Crippen LogP contribution is 2.57. The van der Waals surface area contributed by atoms with Crippen LogP contribution in [0.15, 0.2) is 60.8 Å². The number of halogens is 1. The molecule has 3 aliphatic heterocycles. The van der Waals surface area contributed by atoms with Crippen molar-refractivity contribution < 1.29 is 19.0 Å². The maximum Gasteiger partial charge on any atom is 0.246 e. The van der Waals surface area contributed by atoms with Gasteiger partial charge < -0.3 is 24.0 Å². The van der Waals surface area contributed by atoms with Crippen LogP contribution in [0.4, 0.5) is 11.5 Å². The molecular formula is C28H22ClN3O4S. The van der Waals surface area contributed by atoms with Crippen LogP contribution in [-0.2, 0) is 16.8 Å². The monoisotopic (exact) mass is 531 g/mol. The van der Waals surface area contributed by atoms with Crippen LogP contribution < -0.4 is 24.0 Å². The minimum atomic E-state index is -1.02. The summed E-state index contributed by atoms with van der Waals surface area (Å²) in [7, 11) is 3.92. The molecule has 7 rings (SSSR count). The molecule has 4 aromatic rings. The summed E-state index contributed by atoms with van der Waals surface area (Å²) in [5, 5.41) is 0. The van der Waals surface area contributed by atoms with Gasteiger partial charge in [-0.05, 0) is 42.0 Å². The Labute approximate surface area is 222 Å². The summed E-state index contributed by atoms with van der Waals surface area (Å²) in [6.45, 7) is 0.765. The summed E-state index contributed by atoms with van der Waals surface area (Å²) in [6.07, 6.45) is 1.86. The Hall–Kier alpha value is -3.75. The van der Waals surface area contributed by atoms with Gasteiger partial charge in [-0.2, -0.15) is 0 Å². The third-order valence-corrected chi connectivity index (χ3v) is 8.42. The first-order valence-corrected chi connectivity index (χ1v) is 13.1. The van der Waals surface area contributed by atoms with E-state index in [4.69, 9.17) is 25.8 Å². The first-order chi connectivity index (χ1) is 18.0. The standard InChI is InChI=1S/C28H22ClN3O4S/c1-31(2)25-9-6-16(12-30-25)18-4-3-5-20-26(18)28(27(33)32(20)13-17-7-8-24(29)37-17)14-34-21-11-23-22(10-19(21)28)35-15-36-23/h3-12H,13-15H2,1-2H3. The average molecular weight is 532 g/mol. The van der Waals surface area contributed by atoms with Crippen LogP contribution in [0.2, 0.25) is 4.34 Å². The number of thiophene rings is 1. The normalized spacial score (nSPS) is 18.8. The zero-order valence-electron chi connectivity index (χ0n) is 20.2.